The topological polar surface area (TPSA) is 57.5 Å². The number of rotatable bonds is 4. The number of hydrogen-bond donors (Lipinski definition) is 2. The molecule has 2 unspecified atom stereocenters. The van der Waals surface area contributed by atoms with Crippen LogP contribution in [0.15, 0.2) is 18.2 Å². The van der Waals surface area contributed by atoms with Gasteiger partial charge in [0.05, 0.1) is 5.92 Å². The van der Waals surface area contributed by atoms with Crippen molar-refractivity contribution >= 4 is 17.6 Å². The summed E-state index contributed by atoms with van der Waals surface area (Å²) in [5, 5.41) is 19.7. The molecule has 0 radical (unpaired) electrons. The van der Waals surface area contributed by atoms with Crippen molar-refractivity contribution in [2.75, 3.05) is 0 Å². The molecule has 2 atom stereocenters. The second-order valence-corrected chi connectivity index (χ2v) is 5.24. The first-order valence-electron chi connectivity index (χ1n) is 5.58. The minimum atomic E-state index is -1.66. The maximum absolute atomic E-state index is 13.0. The van der Waals surface area contributed by atoms with Crippen molar-refractivity contribution in [3.8, 4) is 0 Å². The van der Waals surface area contributed by atoms with Crippen molar-refractivity contribution in [3.05, 3.63) is 34.6 Å². The van der Waals surface area contributed by atoms with Gasteiger partial charge in [-0.2, -0.15) is 0 Å². The van der Waals surface area contributed by atoms with Gasteiger partial charge in [-0.3, -0.25) is 4.79 Å². The molecule has 0 aromatic heterocycles. The zero-order valence-corrected chi connectivity index (χ0v) is 11.2. The van der Waals surface area contributed by atoms with Crippen LogP contribution in [0, 0.1) is 17.7 Å². The van der Waals surface area contributed by atoms with Crippen LogP contribution in [0.3, 0.4) is 0 Å². The first kappa shape index (κ1) is 14.9. The molecule has 0 saturated heterocycles. The molecule has 0 aliphatic carbocycles. The minimum absolute atomic E-state index is 0.0203. The van der Waals surface area contributed by atoms with E-state index in [0.29, 0.717) is 0 Å². The number of hydrogen-bond acceptors (Lipinski definition) is 2. The van der Waals surface area contributed by atoms with Gasteiger partial charge in [-0.1, -0.05) is 31.5 Å². The molecule has 0 aliphatic heterocycles. The van der Waals surface area contributed by atoms with Crippen LogP contribution in [0.4, 0.5) is 4.39 Å². The van der Waals surface area contributed by atoms with Gasteiger partial charge in [0.15, 0.2) is 0 Å². The van der Waals surface area contributed by atoms with Crippen molar-refractivity contribution in [3.63, 3.8) is 0 Å². The van der Waals surface area contributed by atoms with Crippen LogP contribution in [0.1, 0.15) is 26.3 Å². The fraction of sp³-hybridized carbons (Fsp3) is 0.462. The lowest BCUT2D eigenvalue weighted by Crippen LogP contribution is -2.40. The molecule has 1 aromatic rings. The summed E-state index contributed by atoms with van der Waals surface area (Å²) < 4.78 is 13.0. The number of aliphatic carboxylic acids is 1. The fourth-order valence-corrected chi connectivity index (χ4v) is 2.60. The monoisotopic (exact) mass is 274 g/mol. The third-order valence-corrected chi connectivity index (χ3v) is 3.33. The molecule has 0 amide bonds. The Morgan fingerprint density at radius 1 is 1.44 bits per heavy atom. The molecule has 0 aliphatic rings. The Balaban J connectivity index is 3.30. The van der Waals surface area contributed by atoms with Gasteiger partial charge >= 0.3 is 5.97 Å². The van der Waals surface area contributed by atoms with Crippen molar-refractivity contribution in [2.45, 2.75) is 26.4 Å². The molecule has 0 fully saturated rings. The van der Waals surface area contributed by atoms with Gasteiger partial charge in [-0.15, -0.1) is 0 Å². The minimum Gasteiger partial charge on any atom is -0.481 e. The Morgan fingerprint density at radius 2 is 2.00 bits per heavy atom. The SMILES string of the molecule is CC(C)C(C(=O)O)C(C)(O)c1ccc(F)cc1Cl. The van der Waals surface area contributed by atoms with E-state index in [-0.39, 0.29) is 16.5 Å². The molecule has 3 nitrogen and oxygen atoms in total. The Bertz CT molecular complexity index is 458. The van der Waals surface area contributed by atoms with E-state index in [1.807, 2.05) is 0 Å². The van der Waals surface area contributed by atoms with Crippen LogP contribution in [0.25, 0.3) is 0 Å². The standard InChI is InChI=1S/C13H16ClFO3/c1-7(2)11(12(16)17)13(3,18)9-5-4-8(15)6-10(9)14/h4-7,11,18H,1-3H3,(H,16,17). The van der Waals surface area contributed by atoms with Crippen molar-refractivity contribution in [1.29, 1.82) is 0 Å². The number of carboxylic acid groups (broad SMARTS) is 1. The number of carbonyl (C=O) groups is 1. The number of halogens is 2. The van der Waals surface area contributed by atoms with Crippen molar-refractivity contribution < 1.29 is 19.4 Å². The average Bonchev–Trinajstić information content (AvgIpc) is 2.13. The molecule has 1 rings (SSSR count). The molecule has 5 heteroatoms. The fourth-order valence-electron chi connectivity index (χ4n) is 2.24. The average molecular weight is 275 g/mol. The summed E-state index contributed by atoms with van der Waals surface area (Å²) in [6.45, 7) is 4.78. The zero-order chi connectivity index (χ0) is 14.1. The summed E-state index contributed by atoms with van der Waals surface area (Å²) >= 11 is 5.87. The maximum atomic E-state index is 13.0. The van der Waals surface area contributed by atoms with E-state index in [9.17, 15) is 19.4 Å². The second kappa shape index (κ2) is 5.24. The first-order chi connectivity index (χ1) is 8.17. The quantitative estimate of drug-likeness (QED) is 0.887. The molecule has 2 N–H and O–H groups in total. The molecular weight excluding hydrogens is 259 g/mol. The van der Waals surface area contributed by atoms with Crippen LogP contribution in [0.2, 0.25) is 5.02 Å². The van der Waals surface area contributed by atoms with Gasteiger partial charge in [0.25, 0.3) is 0 Å². The Morgan fingerprint density at radius 3 is 2.39 bits per heavy atom. The molecule has 18 heavy (non-hydrogen) atoms. The molecule has 0 spiro atoms. The first-order valence-corrected chi connectivity index (χ1v) is 5.96. The summed E-state index contributed by atoms with van der Waals surface area (Å²) in [6.07, 6.45) is 0. The lowest BCUT2D eigenvalue weighted by atomic mass is 9.76. The van der Waals surface area contributed by atoms with E-state index in [1.54, 1.807) is 13.8 Å². The van der Waals surface area contributed by atoms with E-state index < -0.39 is 23.3 Å². The molecule has 100 valence electrons. The maximum Gasteiger partial charge on any atom is 0.310 e. The molecule has 0 heterocycles. The summed E-state index contributed by atoms with van der Waals surface area (Å²) in [5.41, 5.74) is -1.45. The van der Waals surface area contributed by atoms with E-state index in [1.165, 1.54) is 13.0 Å². The lowest BCUT2D eigenvalue weighted by Gasteiger charge is -2.33. The van der Waals surface area contributed by atoms with E-state index in [2.05, 4.69) is 0 Å². The molecule has 0 bridgehead atoms. The highest BCUT2D eigenvalue weighted by Crippen LogP contribution is 2.38. The van der Waals surface area contributed by atoms with Gasteiger partial charge < -0.3 is 10.2 Å². The van der Waals surface area contributed by atoms with E-state index >= 15 is 0 Å². The van der Waals surface area contributed by atoms with Gasteiger partial charge in [0.1, 0.15) is 11.4 Å². The van der Waals surface area contributed by atoms with Gasteiger partial charge in [-0.05, 0) is 25.0 Å². The van der Waals surface area contributed by atoms with E-state index in [4.69, 9.17) is 11.6 Å². The zero-order valence-electron chi connectivity index (χ0n) is 10.4. The van der Waals surface area contributed by atoms with Crippen LogP contribution in [-0.2, 0) is 10.4 Å². The number of carboxylic acids is 1. The predicted molar refractivity (Wildman–Crippen MR) is 66.9 cm³/mol. The highest BCUT2D eigenvalue weighted by atomic mass is 35.5. The van der Waals surface area contributed by atoms with E-state index in [0.717, 1.165) is 12.1 Å². The third kappa shape index (κ3) is 2.82. The summed E-state index contributed by atoms with van der Waals surface area (Å²) in [7, 11) is 0. The number of aliphatic hydroxyl groups is 1. The largest absolute Gasteiger partial charge is 0.481 e. The lowest BCUT2D eigenvalue weighted by molar-refractivity contribution is -0.155. The molecule has 0 saturated carbocycles. The Hall–Kier alpha value is -1.13. The van der Waals surface area contributed by atoms with Crippen LogP contribution >= 0.6 is 11.6 Å². The van der Waals surface area contributed by atoms with Gasteiger partial charge in [-0.25, -0.2) is 4.39 Å². The Kier molecular flexibility index (Phi) is 4.35. The highest BCUT2D eigenvalue weighted by molar-refractivity contribution is 6.31. The normalized spacial score (nSPS) is 16.4. The third-order valence-electron chi connectivity index (χ3n) is 3.01. The van der Waals surface area contributed by atoms with Crippen molar-refractivity contribution in [1.82, 2.24) is 0 Å². The summed E-state index contributed by atoms with van der Waals surface area (Å²) in [5.74, 6) is -2.97. The van der Waals surface area contributed by atoms with Gasteiger partial charge in [0, 0.05) is 10.6 Å². The van der Waals surface area contributed by atoms with Gasteiger partial charge in [0.2, 0.25) is 0 Å². The summed E-state index contributed by atoms with van der Waals surface area (Å²) in [6, 6.07) is 3.52. The number of benzene rings is 1. The van der Waals surface area contributed by atoms with Crippen molar-refractivity contribution in [2.24, 2.45) is 11.8 Å². The molecular formula is C13H16ClFO3. The van der Waals surface area contributed by atoms with Crippen LogP contribution < -0.4 is 0 Å². The summed E-state index contributed by atoms with van der Waals surface area (Å²) in [4.78, 5) is 11.3. The second-order valence-electron chi connectivity index (χ2n) is 4.83. The molecule has 1 aromatic carbocycles. The van der Waals surface area contributed by atoms with Crippen LogP contribution in [-0.4, -0.2) is 16.2 Å². The highest BCUT2D eigenvalue weighted by Gasteiger charge is 2.42. The van der Waals surface area contributed by atoms with Crippen LogP contribution in [0.5, 0.6) is 0 Å². The Labute approximate surface area is 110 Å². The predicted octanol–water partition coefficient (Wildman–Crippen LogP) is 3.04. The smallest absolute Gasteiger partial charge is 0.310 e.